The van der Waals surface area contributed by atoms with E-state index in [1.165, 1.54) is 11.8 Å². The van der Waals surface area contributed by atoms with Gasteiger partial charge in [-0.15, -0.1) is 0 Å². The van der Waals surface area contributed by atoms with Crippen LogP contribution >= 0.6 is 11.8 Å². The zero-order valence-corrected chi connectivity index (χ0v) is 14.8. The van der Waals surface area contributed by atoms with Crippen LogP contribution < -0.4 is 14.8 Å². The van der Waals surface area contributed by atoms with Crippen molar-refractivity contribution >= 4 is 28.9 Å². The predicted molar refractivity (Wildman–Crippen MR) is 101 cm³/mol. The lowest BCUT2D eigenvalue weighted by Gasteiger charge is -2.01. The largest absolute Gasteiger partial charge is 0.497 e. The monoisotopic (exact) mass is 354 g/mol. The quantitative estimate of drug-likeness (QED) is 0.836. The minimum absolute atomic E-state index is 0.130. The van der Waals surface area contributed by atoms with Crippen LogP contribution in [0.5, 0.6) is 11.5 Å². The summed E-state index contributed by atoms with van der Waals surface area (Å²) >= 11 is 1.34. The molecule has 5 nitrogen and oxygen atoms in total. The molecule has 128 valence electrons. The first-order chi connectivity index (χ1) is 12.2. The molecule has 0 unspecified atom stereocenters. The molecule has 6 heteroatoms. The number of amidine groups is 1. The van der Waals surface area contributed by atoms with E-state index in [1.807, 2.05) is 54.6 Å². The Morgan fingerprint density at radius 1 is 1.00 bits per heavy atom. The number of aliphatic imine (C=N–C) groups is 1. The van der Waals surface area contributed by atoms with Gasteiger partial charge in [-0.1, -0.05) is 24.3 Å². The molecule has 0 saturated carbocycles. The van der Waals surface area contributed by atoms with E-state index in [1.54, 1.807) is 14.2 Å². The second-order valence-electron chi connectivity index (χ2n) is 5.31. The number of carbonyl (C=O) groups is 1. The van der Waals surface area contributed by atoms with Crippen molar-refractivity contribution < 1.29 is 14.3 Å². The maximum atomic E-state index is 12.1. The van der Waals surface area contributed by atoms with E-state index in [-0.39, 0.29) is 5.91 Å². The topological polar surface area (TPSA) is 59.9 Å². The maximum Gasteiger partial charge on any atom is 0.264 e. The summed E-state index contributed by atoms with van der Waals surface area (Å²) in [5, 5.41) is 3.41. The van der Waals surface area contributed by atoms with E-state index in [9.17, 15) is 4.79 Å². The van der Waals surface area contributed by atoms with Crippen LogP contribution in [0.1, 0.15) is 11.1 Å². The summed E-state index contributed by atoms with van der Waals surface area (Å²) in [5.41, 5.74) is 1.99. The number of rotatable bonds is 5. The smallest absolute Gasteiger partial charge is 0.264 e. The third-order valence-corrected chi connectivity index (χ3v) is 4.58. The van der Waals surface area contributed by atoms with Crippen LogP contribution in [0.2, 0.25) is 0 Å². The van der Waals surface area contributed by atoms with Gasteiger partial charge in [-0.2, -0.15) is 0 Å². The second-order valence-corrected chi connectivity index (χ2v) is 6.34. The fourth-order valence-electron chi connectivity index (χ4n) is 2.25. The molecule has 2 aromatic rings. The summed E-state index contributed by atoms with van der Waals surface area (Å²) in [6.45, 7) is 0.502. The molecular weight excluding hydrogens is 336 g/mol. The Bertz CT molecular complexity index is 812. The van der Waals surface area contributed by atoms with Crippen molar-refractivity contribution in [1.29, 1.82) is 0 Å². The molecule has 0 aromatic heterocycles. The van der Waals surface area contributed by atoms with E-state index >= 15 is 0 Å². The van der Waals surface area contributed by atoms with Crippen LogP contribution in [0.25, 0.3) is 6.08 Å². The van der Waals surface area contributed by atoms with Crippen LogP contribution in [-0.2, 0) is 11.3 Å². The fourth-order valence-corrected chi connectivity index (χ4v) is 3.07. The molecule has 0 bridgehead atoms. The molecule has 0 radical (unpaired) electrons. The minimum atomic E-state index is -0.130. The Kier molecular flexibility index (Phi) is 5.40. The Labute approximate surface area is 150 Å². The molecule has 1 fully saturated rings. The molecule has 25 heavy (non-hydrogen) atoms. The van der Waals surface area contributed by atoms with Crippen LogP contribution in [-0.4, -0.2) is 25.3 Å². The highest BCUT2D eigenvalue weighted by Crippen LogP contribution is 2.27. The van der Waals surface area contributed by atoms with Crippen LogP contribution in [0, 0.1) is 0 Å². The van der Waals surface area contributed by atoms with Gasteiger partial charge in [-0.3, -0.25) is 9.79 Å². The molecule has 1 heterocycles. The van der Waals surface area contributed by atoms with E-state index < -0.39 is 0 Å². The van der Waals surface area contributed by atoms with E-state index in [0.29, 0.717) is 16.6 Å². The number of benzene rings is 2. The van der Waals surface area contributed by atoms with Crippen molar-refractivity contribution in [2.24, 2.45) is 4.99 Å². The average Bonchev–Trinajstić information content (AvgIpc) is 3.00. The van der Waals surface area contributed by atoms with Crippen LogP contribution in [0.15, 0.2) is 58.4 Å². The highest BCUT2D eigenvalue weighted by atomic mass is 32.2. The highest BCUT2D eigenvalue weighted by Gasteiger charge is 2.23. The molecule has 1 amide bonds. The molecule has 1 N–H and O–H groups in total. The van der Waals surface area contributed by atoms with Crippen molar-refractivity contribution in [3.05, 3.63) is 64.6 Å². The Hall–Kier alpha value is -2.73. The summed E-state index contributed by atoms with van der Waals surface area (Å²) in [4.78, 5) is 17.2. The van der Waals surface area contributed by atoms with Gasteiger partial charge in [0.05, 0.1) is 25.7 Å². The molecule has 0 atom stereocenters. The Morgan fingerprint density at radius 3 is 2.20 bits per heavy atom. The van der Waals surface area contributed by atoms with E-state index in [4.69, 9.17) is 9.47 Å². The van der Waals surface area contributed by atoms with E-state index in [0.717, 1.165) is 22.6 Å². The fraction of sp³-hybridized carbons (Fsp3) is 0.158. The van der Waals surface area contributed by atoms with Crippen molar-refractivity contribution in [3.63, 3.8) is 0 Å². The zero-order chi connectivity index (χ0) is 17.6. The van der Waals surface area contributed by atoms with Gasteiger partial charge in [0.15, 0.2) is 5.17 Å². The molecule has 2 aromatic carbocycles. The molecule has 3 rings (SSSR count). The first kappa shape index (κ1) is 17.1. The molecule has 1 aliphatic rings. The third kappa shape index (κ3) is 4.42. The van der Waals surface area contributed by atoms with Crippen molar-refractivity contribution in [3.8, 4) is 11.5 Å². The summed E-state index contributed by atoms with van der Waals surface area (Å²) in [6, 6.07) is 15.2. The lowest BCUT2D eigenvalue weighted by Crippen LogP contribution is -2.19. The standard InChI is InChI=1S/C19H18N2O3S/c1-23-15-7-3-13(4-8-15)11-17-18(22)21-19(25-17)20-12-14-5-9-16(24-2)10-6-14/h3-11H,12H2,1-2H3,(H,20,21,22)/b17-11-. The maximum absolute atomic E-state index is 12.1. The SMILES string of the molecule is COc1ccc(/C=C2\SC(=NCc3ccc(OC)cc3)NC2=O)cc1. The number of hydrogen-bond donors (Lipinski definition) is 1. The van der Waals surface area contributed by atoms with Gasteiger partial charge in [0.2, 0.25) is 0 Å². The number of nitrogens with one attached hydrogen (secondary N) is 1. The number of hydrogen-bond acceptors (Lipinski definition) is 5. The zero-order valence-electron chi connectivity index (χ0n) is 14.0. The van der Waals surface area contributed by atoms with E-state index in [2.05, 4.69) is 10.3 Å². The number of ether oxygens (including phenoxy) is 2. The Morgan fingerprint density at radius 2 is 1.60 bits per heavy atom. The number of nitrogens with zero attached hydrogens (tertiary/aromatic N) is 1. The van der Waals surface area contributed by atoms with Crippen molar-refractivity contribution in [1.82, 2.24) is 5.32 Å². The normalized spacial score (nSPS) is 17.0. The van der Waals surface area contributed by atoms with Gasteiger partial charge in [0, 0.05) is 0 Å². The second kappa shape index (κ2) is 7.90. The van der Waals surface area contributed by atoms with Crippen molar-refractivity contribution in [2.75, 3.05) is 14.2 Å². The van der Waals surface area contributed by atoms with Gasteiger partial charge in [0.25, 0.3) is 5.91 Å². The van der Waals surface area contributed by atoms with Gasteiger partial charge in [0.1, 0.15) is 11.5 Å². The van der Waals surface area contributed by atoms with Crippen LogP contribution in [0.4, 0.5) is 0 Å². The van der Waals surface area contributed by atoms with Crippen LogP contribution in [0.3, 0.4) is 0 Å². The molecule has 1 saturated heterocycles. The summed E-state index contributed by atoms with van der Waals surface area (Å²) < 4.78 is 10.3. The highest BCUT2D eigenvalue weighted by molar-refractivity contribution is 8.18. The molecule has 0 aliphatic carbocycles. The molecular formula is C19H18N2O3S. The van der Waals surface area contributed by atoms with Gasteiger partial charge in [-0.05, 0) is 53.2 Å². The predicted octanol–water partition coefficient (Wildman–Crippen LogP) is 3.46. The molecule has 0 spiro atoms. The number of methoxy groups -OCH3 is 2. The summed E-state index contributed by atoms with van der Waals surface area (Å²) in [7, 11) is 3.26. The lowest BCUT2D eigenvalue weighted by molar-refractivity contribution is -0.115. The average molecular weight is 354 g/mol. The Balaban J connectivity index is 1.67. The molecule has 1 aliphatic heterocycles. The van der Waals surface area contributed by atoms with Crippen molar-refractivity contribution in [2.45, 2.75) is 6.54 Å². The van der Waals surface area contributed by atoms with Gasteiger partial charge >= 0.3 is 0 Å². The first-order valence-corrected chi connectivity index (χ1v) is 8.52. The minimum Gasteiger partial charge on any atom is -0.497 e. The number of amides is 1. The summed E-state index contributed by atoms with van der Waals surface area (Å²) in [6.07, 6.45) is 1.84. The third-order valence-electron chi connectivity index (χ3n) is 3.63. The number of thioether (sulfide) groups is 1. The first-order valence-electron chi connectivity index (χ1n) is 7.70. The number of carbonyl (C=O) groups excluding carboxylic acids is 1. The summed E-state index contributed by atoms with van der Waals surface area (Å²) in [5.74, 6) is 1.46. The lowest BCUT2D eigenvalue weighted by atomic mass is 10.2. The van der Waals surface area contributed by atoms with Gasteiger partial charge < -0.3 is 14.8 Å². The van der Waals surface area contributed by atoms with Gasteiger partial charge in [-0.25, -0.2) is 0 Å².